The van der Waals surface area contributed by atoms with Gasteiger partial charge in [-0.05, 0) is 12.1 Å². The molecular weight excluding hydrogens is 456 g/mol. The quantitative estimate of drug-likeness (QED) is 0.400. The van der Waals surface area contributed by atoms with Gasteiger partial charge in [0.15, 0.2) is 5.65 Å². The summed E-state index contributed by atoms with van der Waals surface area (Å²) < 4.78 is 38.5. The molecule has 1 aliphatic rings. The lowest BCUT2D eigenvalue weighted by atomic mass is 10.1. The van der Waals surface area contributed by atoms with Crippen LogP contribution in [0.1, 0.15) is 10.4 Å². The number of halogens is 2. The van der Waals surface area contributed by atoms with Crippen LogP contribution in [-0.2, 0) is 0 Å². The van der Waals surface area contributed by atoms with Crippen molar-refractivity contribution >= 4 is 29.0 Å². The van der Waals surface area contributed by atoms with E-state index < -0.39 is 18.6 Å². The first-order chi connectivity index (χ1) is 16.4. The molecule has 1 aromatic carbocycles. The van der Waals surface area contributed by atoms with Crippen LogP contribution in [0, 0.1) is 0 Å². The van der Waals surface area contributed by atoms with Gasteiger partial charge >= 0.3 is 12.7 Å². The monoisotopic (exact) mass is 471 g/mol. The molecule has 0 saturated heterocycles. The molecule has 1 aliphatic heterocycles. The summed E-state index contributed by atoms with van der Waals surface area (Å²) in [6.07, 6.45) is 3.97. The highest BCUT2D eigenvalue weighted by molar-refractivity contribution is 6.09. The van der Waals surface area contributed by atoms with Crippen molar-refractivity contribution in [1.82, 2.24) is 24.4 Å². The molecule has 3 aromatic heterocycles. The van der Waals surface area contributed by atoms with E-state index in [1.807, 2.05) is 0 Å². The second-order valence-corrected chi connectivity index (χ2v) is 7.02. The number of ether oxygens (including phenoxy) is 2. The maximum absolute atomic E-state index is 13.1. The molecular formula is C20H15F2N7O5. The van der Waals surface area contributed by atoms with Crippen molar-refractivity contribution in [2.75, 3.05) is 23.8 Å². The predicted molar refractivity (Wildman–Crippen MR) is 113 cm³/mol. The number of carboxylic acid groups (broad SMARTS) is 1. The van der Waals surface area contributed by atoms with E-state index in [1.54, 1.807) is 12.3 Å². The van der Waals surface area contributed by atoms with Gasteiger partial charge in [-0.1, -0.05) is 0 Å². The number of benzene rings is 1. The number of rotatable bonds is 5. The van der Waals surface area contributed by atoms with Gasteiger partial charge in [0.2, 0.25) is 0 Å². The number of hydrogen-bond acceptors (Lipinski definition) is 8. The van der Waals surface area contributed by atoms with Crippen LogP contribution in [0.25, 0.3) is 16.9 Å². The summed E-state index contributed by atoms with van der Waals surface area (Å²) in [5.41, 5.74) is 0.611. The smallest absolute Gasteiger partial charge is 0.432 e. The Bertz CT molecular complexity index is 1420. The SMILES string of the molecule is O=C(Nc1cn(C(=O)O)nc1-c1cc2c(cc1OC(F)F)NCCO2)c1cnn2cccnc12. The van der Waals surface area contributed by atoms with E-state index in [4.69, 9.17) is 4.74 Å². The van der Waals surface area contributed by atoms with Crippen molar-refractivity contribution in [3.8, 4) is 22.8 Å². The molecule has 0 aliphatic carbocycles. The lowest BCUT2D eigenvalue weighted by Crippen LogP contribution is -2.18. The van der Waals surface area contributed by atoms with Gasteiger partial charge in [0.25, 0.3) is 5.91 Å². The fourth-order valence-electron chi connectivity index (χ4n) is 3.48. The van der Waals surface area contributed by atoms with Crippen LogP contribution in [0.15, 0.2) is 43.0 Å². The molecule has 4 aromatic rings. The number of carbonyl (C=O) groups is 2. The van der Waals surface area contributed by atoms with Crippen molar-refractivity contribution in [1.29, 1.82) is 0 Å². The summed E-state index contributed by atoms with van der Waals surface area (Å²) >= 11 is 0. The van der Waals surface area contributed by atoms with Crippen molar-refractivity contribution in [2.45, 2.75) is 6.61 Å². The molecule has 14 heteroatoms. The fraction of sp³-hybridized carbons (Fsp3) is 0.150. The number of hydrogen-bond donors (Lipinski definition) is 3. The minimum absolute atomic E-state index is 0.00367. The Morgan fingerprint density at radius 1 is 1.32 bits per heavy atom. The molecule has 0 saturated carbocycles. The fourth-order valence-corrected chi connectivity index (χ4v) is 3.48. The molecule has 0 fully saturated rings. The number of amides is 1. The number of fused-ring (bicyclic) bond motifs is 2. The summed E-state index contributed by atoms with van der Waals surface area (Å²) in [5.74, 6) is -0.612. The van der Waals surface area contributed by atoms with Gasteiger partial charge in [-0.15, -0.1) is 0 Å². The van der Waals surface area contributed by atoms with E-state index in [2.05, 4.69) is 30.6 Å². The minimum Gasteiger partial charge on any atom is -0.490 e. The van der Waals surface area contributed by atoms with Crippen LogP contribution in [-0.4, -0.2) is 61.2 Å². The highest BCUT2D eigenvalue weighted by Gasteiger charge is 2.25. The second kappa shape index (κ2) is 8.31. The van der Waals surface area contributed by atoms with Gasteiger partial charge in [-0.2, -0.15) is 23.7 Å². The van der Waals surface area contributed by atoms with Crippen molar-refractivity contribution in [3.05, 3.63) is 48.5 Å². The van der Waals surface area contributed by atoms with E-state index in [-0.39, 0.29) is 33.9 Å². The first-order valence-electron chi connectivity index (χ1n) is 9.83. The largest absolute Gasteiger partial charge is 0.490 e. The molecule has 4 heterocycles. The molecule has 34 heavy (non-hydrogen) atoms. The summed E-state index contributed by atoms with van der Waals surface area (Å²) in [4.78, 5) is 28.6. The predicted octanol–water partition coefficient (Wildman–Crippen LogP) is 2.78. The molecule has 12 nitrogen and oxygen atoms in total. The van der Waals surface area contributed by atoms with Gasteiger partial charge in [0, 0.05) is 25.0 Å². The van der Waals surface area contributed by atoms with E-state index in [0.717, 1.165) is 6.20 Å². The minimum atomic E-state index is -3.16. The first kappa shape index (κ1) is 21.1. The van der Waals surface area contributed by atoms with Crippen LogP contribution in [0.5, 0.6) is 11.5 Å². The lowest BCUT2D eigenvalue weighted by molar-refractivity contribution is -0.0494. The lowest BCUT2D eigenvalue weighted by Gasteiger charge is -2.21. The van der Waals surface area contributed by atoms with Gasteiger partial charge < -0.3 is 25.2 Å². The van der Waals surface area contributed by atoms with Crippen molar-refractivity contribution in [2.24, 2.45) is 0 Å². The number of alkyl halides is 2. The zero-order chi connectivity index (χ0) is 23.8. The van der Waals surface area contributed by atoms with Crippen LogP contribution in [0.2, 0.25) is 0 Å². The van der Waals surface area contributed by atoms with Crippen LogP contribution < -0.4 is 20.1 Å². The Labute approximate surface area is 188 Å². The van der Waals surface area contributed by atoms with E-state index in [9.17, 15) is 23.5 Å². The Morgan fingerprint density at radius 3 is 2.97 bits per heavy atom. The first-order valence-corrected chi connectivity index (χ1v) is 9.83. The third kappa shape index (κ3) is 3.80. The van der Waals surface area contributed by atoms with Gasteiger partial charge in [0.05, 0.1) is 29.3 Å². The molecule has 3 N–H and O–H groups in total. The Hall–Kier alpha value is -4.75. The number of nitrogens with one attached hydrogen (secondary N) is 2. The number of aromatic nitrogens is 5. The zero-order valence-corrected chi connectivity index (χ0v) is 17.1. The molecule has 0 spiro atoms. The Balaban J connectivity index is 1.60. The second-order valence-electron chi connectivity index (χ2n) is 7.02. The maximum Gasteiger partial charge on any atom is 0.432 e. The van der Waals surface area contributed by atoms with Gasteiger partial charge in [-0.3, -0.25) is 4.79 Å². The molecule has 174 valence electrons. The Kier molecular flexibility index (Phi) is 5.16. The standard InChI is InChI=1S/C20H15F2N7O5/c21-19(22)34-14-7-12-15(33-5-3-23-12)6-10(14)16-13(9-29(27-16)20(31)32)26-18(30)11-8-25-28-4-1-2-24-17(11)28/h1-2,4,6-9,19,23H,3,5H2,(H,26,30)(H,31,32). The highest BCUT2D eigenvalue weighted by atomic mass is 19.3. The molecule has 0 radical (unpaired) electrons. The highest BCUT2D eigenvalue weighted by Crippen LogP contribution is 2.42. The Morgan fingerprint density at radius 2 is 2.18 bits per heavy atom. The zero-order valence-electron chi connectivity index (χ0n) is 17.1. The number of carbonyl (C=O) groups excluding carboxylic acids is 1. The number of nitrogens with zero attached hydrogens (tertiary/aromatic N) is 5. The van der Waals surface area contributed by atoms with Crippen molar-refractivity contribution in [3.63, 3.8) is 0 Å². The molecule has 5 rings (SSSR count). The summed E-state index contributed by atoms with van der Waals surface area (Å²) in [5, 5.41) is 23.0. The molecule has 1 amide bonds. The number of anilines is 2. The molecule has 0 bridgehead atoms. The summed E-state index contributed by atoms with van der Waals surface area (Å²) in [6, 6.07) is 4.32. The molecule has 0 atom stereocenters. The maximum atomic E-state index is 13.1. The van der Waals surface area contributed by atoms with E-state index >= 15 is 0 Å². The molecule has 0 unspecified atom stereocenters. The normalized spacial score (nSPS) is 12.7. The van der Waals surface area contributed by atoms with E-state index in [1.165, 1.54) is 29.0 Å². The van der Waals surface area contributed by atoms with Gasteiger partial charge in [-0.25, -0.2) is 14.3 Å². The topological polar surface area (TPSA) is 145 Å². The van der Waals surface area contributed by atoms with Gasteiger partial charge in [0.1, 0.15) is 29.4 Å². The van der Waals surface area contributed by atoms with E-state index in [0.29, 0.717) is 29.3 Å². The summed E-state index contributed by atoms with van der Waals surface area (Å²) in [7, 11) is 0. The van der Waals surface area contributed by atoms with Crippen molar-refractivity contribution < 1.29 is 33.0 Å². The van der Waals surface area contributed by atoms with Crippen LogP contribution in [0.3, 0.4) is 0 Å². The average molecular weight is 471 g/mol. The average Bonchev–Trinajstić information content (AvgIpc) is 3.43. The summed E-state index contributed by atoms with van der Waals surface area (Å²) in [6.45, 7) is -2.37. The van der Waals surface area contributed by atoms with Crippen LogP contribution >= 0.6 is 0 Å². The third-order valence-electron chi connectivity index (χ3n) is 4.91. The van der Waals surface area contributed by atoms with Crippen LogP contribution in [0.4, 0.5) is 25.0 Å². The third-order valence-corrected chi connectivity index (χ3v) is 4.91.